The average molecular weight is 428 g/mol. The first-order chi connectivity index (χ1) is 14.5. The number of nitrogens with one attached hydrogen (secondary N) is 2. The van der Waals surface area contributed by atoms with E-state index in [1.165, 1.54) is 4.68 Å². The van der Waals surface area contributed by atoms with E-state index in [2.05, 4.69) is 15.4 Å². The van der Waals surface area contributed by atoms with Crippen LogP contribution in [0.25, 0.3) is 5.69 Å². The highest BCUT2D eigenvalue weighted by molar-refractivity contribution is 6.30. The van der Waals surface area contributed by atoms with Gasteiger partial charge in [0.25, 0.3) is 0 Å². The van der Waals surface area contributed by atoms with Crippen molar-refractivity contribution in [3.8, 4) is 11.4 Å². The summed E-state index contributed by atoms with van der Waals surface area (Å²) in [7, 11) is 1.59. The standard InChI is InChI=1S/C21H22ClN5O3/c1-30-18-10-8-17(9-11-18)27-21(29)24-19(25-27)14-3-2-12-26(13-14)20(28)23-16-6-4-15(22)5-7-16/h4-11,14H,2-3,12-13H2,1H3,(H,23,28)(H,24,25,29). The molecule has 1 unspecified atom stereocenters. The summed E-state index contributed by atoms with van der Waals surface area (Å²) in [6, 6.07) is 13.9. The van der Waals surface area contributed by atoms with E-state index < -0.39 is 0 Å². The van der Waals surface area contributed by atoms with Crippen LogP contribution in [0.2, 0.25) is 5.02 Å². The van der Waals surface area contributed by atoms with Gasteiger partial charge in [-0.05, 0) is 61.4 Å². The number of likely N-dealkylation sites (tertiary alicyclic amines) is 1. The highest BCUT2D eigenvalue weighted by Crippen LogP contribution is 2.25. The Kier molecular flexibility index (Phi) is 5.76. The quantitative estimate of drug-likeness (QED) is 0.665. The van der Waals surface area contributed by atoms with Gasteiger partial charge in [-0.3, -0.25) is 4.98 Å². The summed E-state index contributed by atoms with van der Waals surface area (Å²) in [5.74, 6) is 1.25. The van der Waals surface area contributed by atoms with Gasteiger partial charge in [0.2, 0.25) is 0 Å². The van der Waals surface area contributed by atoms with Gasteiger partial charge in [-0.15, -0.1) is 5.10 Å². The minimum atomic E-state index is -0.307. The van der Waals surface area contributed by atoms with E-state index in [0.717, 1.165) is 12.8 Å². The van der Waals surface area contributed by atoms with E-state index in [4.69, 9.17) is 16.3 Å². The molecule has 2 heterocycles. The summed E-state index contributed by atoms with van der Waals surface area (Å²) in [6.45, 7) is 1.13. The fraction of sp³-hybridized carbons (Fsp3) is 0.286. The molecule has 2 amide bonds. The van der Waals surface area contributed by atoms with Crippen molar-refractivity contribution < 1.29 is 9.53 Å². The molecule has 0 aliphatic carbocycles. The molecular weight excluding hydrogens is 406 g/mol. The molecule has 8 nitrogen and oxygen atoms in total. The Morgan fingerprint density at radius 3 is 2.63 bits per heavy atom. The van der Waals surface area contributed by atoms with Gasteiger partial charge in [-0.1, -0.05) is 11.6 Å². The van der Waals surface area contributed by atoms with Gasteiger partial charge in [0.05, 0.1) is 12.8 Å². The number of H-pyrrole nitrogens is 1. The average Bonchev–Trinajstić information content (AvgIpc) is 3.17. The molecule has 0 spiro atoms. The zero-order valence-electron chi connectivity index (χ0n) is 16.5. The van der Waals surface area contributed by atoms with E-state index in [9.17, 15) is 9.59 Å². The first-order valence-corrected chi connectivity index (χ1v) is 10.1. The Labute approximate surface area is 178 Å². The van der Waals surface area contributed by atoms with Gasteiger partial charge < -0.3 is 15.0 Å². The summed E-state index contributed by atoms with van der Waals surface area (Å²) in [5, 5.41) is 7.98. The van der Waals surface area contributed by atoms with Crippen LogP contribution in [0.3, 0.4) is 0 Å². The molecule has 30 heavy (non-hydrogen) atoms. The maximum absolute atomic E-state index is 12.7. The van der Waals surface area contributed by atoms with Crippen molar-refractivity contribution in [3.05, 3.63) is 69.9 Å². The minimum Gasteiger partial charge on any atom is -0.497 e. The lowest BCUT2D eigenvalue weighted by Crippen LogP contribution is -2.41. The van der Waals surface area contributed by atoms with Crippen LogP contribution < -0.4 is 15.7 Å². The van der Waals surface area contributed by atoms with Crippen LogP contribution in [0.5, 0.6) is 5.75 Å². The molecule has 2 N–H and O–H groups in total. The molecule has 3 aromatic rings. The number of carbonyl (C=O) groups excluding carboxylic acids is 1. The highest BCUT2D eigenvalue weighted by atomic mass is 35.5. The second-order valence-electron chi connectivity index (χ2n) is 7.15. The molecule has 9 heteroatoms. The predicted molar refractivity (Wildman–Crippen MR) is 115 cm³/mol. The van der Waals surface area contributed by atoms with Crippen molar-refractivity contribution in [2.24, 2.45) is 0 Å². The Hall–Kier alpha value is -3.26. The van der Waals surface area contributed by atoms with Crippen LogP contribution in [-0.4, -0.2) is 45.9 Å². The number of methoxy groups -OCH3 is 1. The number of rotatable bonds is 4. The second-order valence-corrected chi connectivity index (χ2v) is 7.58. The number of nitrogens with zero attached hydrogens (tertiary/aromatic N) is 3. The molecule has 1 aliphatic rings. The van der Waals surface area contributed by atoms with Crippen molar-refractivity contribution in [1.29, 1.82) is 0 Å². The van der Waals surface area contributed by atoms with E-state index >= 15 is 0 Å². The predicted octanol–water partition coefficient (Wildman–Crippen LogP) is 3.63. The number of hydrogen-bond donors (Lipinski definition) is 2. The first kappa shape index (κ1) is 20.0. The van der Waals surface area contributed by atoms with Gasteiger partial charge in [0.1, 0.15) is 11.6 Å². The largest absolute Gasteiger partial charge is 0.497 e. The van der Waals surface area contributed by atoms with Crippen molar-refractivity contribution in [3.63, 3.8) is 0 Å². The maximum Gasteiger partial charge on any atom is 0.348 e. The zero-order chi connectivity index (χ0) is 21.1. The van der Waals surface area contributed by atoms with Gasteiger partial charge in [0.15, 0.2) is 0 Å². The molecule has 156 valence electrons. The van der Waals surface area contributed by atoms with Gasteiger partial charge in [-0.2, -0.15) is 4.68 Å². The van der Waals surface area contributed by atoms with Crippen molar-refractivity contribution in [1.82, 2.24) is 19.7 Å². The van der Waals surface area contributed by atoms with Crippen molar-refractivity contribution >= 4 is 23.3 Å². The van der Waals surface area contributed by atoms with E-state index in [0.29, 0.717) is 41.1 Å². The summed E-state index contributed by atoms with van der Waals surface area (Å²) in [6.07, 6.45) is 1.68. The number of halogens is 1. The van der Waals surface area contributed by atoms with Gasteiger partial charge >= 0.3 is 11.7 Å². The second kappa shape index (κ2) is 8.62. The molecule has 0 radical (unpaired) electrons. The highest BCUT2D eigenvalue weighted by Gasteiger charge is 2.27. The molecule has 1 atom stereocenters. The third-order valence-corrected chi connectivity index (χ3v) is 5.39. The van der Waals surface area contributed by atoms with E-state index in [1.54, 1.807) is 60.5 Å². The molecule has 2 aromatic carbocycles. The fourth-order valence-corrected chi connectivity index (χ4v) is 3.67. The summed E-state index contributed by atoms with van der Waals surface area (Å²) < 4.78 is 6.49. The lowest BCUT2D eigenvalue weighted by Gasteiger charge is -2.31. The zero-order valence-corrected chi connectivity index (χ0v) is 17.2. The number of urea groups is 1. The topological polar surface area (TPSA) is 92.2 Å². The van der Waals surface area contributed by atoms with E-state index in [-0.39, 0.29) is 17.6 Å². The smallest absolute Gasteiger partial charge is 0.348 e. The lowest BCUT2D eigenvalue weighted by molar-refractivity contribution is 0.191. The summed E-state index contributed by atoms with van der Waals surface area (Å²) in [4.78, 5) is 29.7. The SMILES string of the molecule is COc1ccc(-n2nc(C3CCCN(C(=O)Nc4ccc(Cl)cc4)C3)[nH]c2=O)cc1. The van der Waals surface area contributed by atoms with Crippen LogP contribution in [-0.2, 0) is 0 Å². The third kappa shape index (κ3) is 4.33. The normalized spacial score (nSPS) is 16.3. The summed E-state index contributed by atoms with van der Waals surface area (Å²) in [5.41, 5.74) is 1.03. The Morgan fingerprint density at radius 2 is 1.93 bits per heavy atom. The number of benzene rings is 2. The number of ether oxygens (including phenoxy) is 1. The van der Waals surface area contributed by atoms with Gasteiger partial charge in [0, 0.05) is 29.7 Å². The van der Waals surface area contributed by atoms with E-state index in [1.807, 2.05) is 0 Å². The third-order valence-electron chi connectivity index (χ3n) is 5.14. The number of aromatic nitrogens is 3. The van der Waals surface area contributed by atoms with Crippen LogP contribution in [0.1, 0.15) is 24.6 Å². The number of carbonyl (C=O) groups is 1. The Balaban J connectivity index is 1.47. The Morgan fingerprint density at radius 1 is 1.20 bits per heavy atom. The van der Waals surface area contributed by atoms with Crippen LogP contribution in [0, 0.1) is 0 Å². The number of anilines is 1. The monoisotopic (exact) mass is 427 g/mol. The van der Waals surface area contributed by atoms with Crippen molar-refractivity contribution in [2.75, 3.05) is 25.5 Å². The molecule has 1 fully saturated rings. The number of amides is 2. The molecular formula is C21H22ClN5O3. The van der Waals surface area contributed by atoms with Crippen LogP contribution >= 0.6 is 11.6 Å². The first-order valence-electron chi connectivity index (χ1n) is 9.68. The molecule has 4 rings (SSSR count). The van der Waals surface area contributed by atoms with Crippen LogP contribution in [0.4, 0.5) is 10.5 Å². The fourth-order valence-electron chi connectivity index (χ4n) is 3.54. The molecule has 0 saturated carbocycles. The molecule has 1 aliphatic heterocycles. The van der Waals surface area contributed by atoms with Crippen LogP contribution in [0.15, 0.2) is 53.3 Å². The lowest BCUT2D eigenvalue weighted by atomic mass is 9.98. The summed E-state index contributed by atoms with van der Waals surface area (Å²) >= 11 is 5.89. The Bertz CT molecular complexity index is 1080. The van der Waals surface area contributed by atoms with Crippen molar-refractivity contribution in [2.45, 2.75) is 18.8 Å². The maximum atomic E-state index is 12.7. The molecule has 0 bridgehead atoms. The molecule has 1 aromatic heterocycles. The number of aromatic amines is 1. The minimum absolute atomic E-state index is 0.0399. The number of piperidine rings is 1. The molecule has 1 saturated heterocycles. The van der Waals surface area contributed by atoms with Gasteiger partial charge in [-0.25, -0.2) is 9.59 Å². The number of hydrogen-bond acceptors (Lipinski definition) is 4.